The van der Waals surface area contributed by atoms with Crippen molar-refractivity contribution in [2.45, 2.75) is 25.9 Å². The van der Waals surface area contributed by atoms with Gasteiger partial charge in [-0.3, -0.25) is 4.79 Å². The van der Waals surface area contributed by atoms with Crippen LogP contribution in [0.3, 0.4) is 0 Å². The second kappa shape index (κ2) is 4.40. The zero-order valence-electron chi connectivity index (χ0n) is 10.9. The smallest absolute Gasteiger partial charge is 0.318 e. The number of nitrogens with zero attached hydrogens (tertiary/aromatic N) is 1. The molecule has 2 nitrogen and oxygen atoms in total. The summed E-state index contributed by atoms with van der Waals surface area (Å²) >= 11 is 0. The molecule has 2 aromatic rings. The molecular weight excluding hydrogens is 255 g/mol. The van der Waals surface area contributed by atoms with Crippen molar-refractivity contribution in [2.75, 3.05) is 0 Å². The van der Waals surface area contributed by atoms with Crippen molar-refractivity contribution in [3.05, 3.63) is 45.9 Å². The molecule has 0 aliphatic carbocycles. The van der Waals surface area contributed by atoms with Gasteiger partial charge in [0, 0.05) is 18.6 Å². The predicted octanol–water partition coefficient (Wildman–Crippen LogP) is 3.68. The Morgan fingerprint density at radius 3 is 2.32 bits per heavy atom. The maximum atomic E-state index is 12.7. The number of hydrogen-bond acceptors (Lipinski definition) is 1. The summed E-state index contributed by atoms with van der Waals surface area (Å²) in [5.41, 5.74) is -0.339. The maximum absolute atomic E-state index is 12.7. The molecule has 1 heterocycles. The topological polar surface area (TPSA) is 22.0 Å². The number of halogens is 3. The number of aromatic nitrogens is 1. The van der Waals surface area contributed by atoms with Gasteiger partial charge in [-0.15, -0.1) is 0 Å². The van der Waals surface area contributed by atoms with Crippen molar-refractivity contribution in [1.82, 2.24) is 4.57 Å². The highest BCUT2D eigenvalue weighted by molar-refractivity contribution is 5.86. The van der Waals surface area contributed by atoms with Gasteiger partial charge in [0.25, 0.3) is 5.56 Å². The third kappa shape index (κ3) is 2.37. The molecule has 19 heavy (non-hydrogen) atoms. The third-order valence-electron chi connectivity index (χ3n) is 3.16. The van der Waals surface area contributed by atoms with Crippen LogP contribution in [-0.2, 0) is 13.2 Å². The first-order chi connectivity index (χ1) is 8.71. The van der Waals surface area contributed by atoms with Gasteiger partial charge in [0.15, 0.2) is 0 Å². The molecule has 0 spiro atoms. The van der Waals surface area contributed by atoms with Crippen LogP contribution in [0.5, 0.6) is 0 Å². The van der Waals surface area contributed by atoms with Crippen LogP contribution >= 0.6 is 0 Å². The van der Waals surface area contributed by atoms with Crippen LogP contribution in [-0.4, -0.2) is 4.57 Å². The largest absolute Gasteiger partial charge is 0.416 e. The normalized spacial score (nSPS) is 12.4. The molecular formula is C14H14F3NO. The molecule has 0 aliphatic rings. The van der Waals surface area contributed by atoms with E-state index >= 15 is 0 Å². The van der Waals surface area contributed by atoms with Crippen molar-refractivity contribution in [1.29, 1.82) is 0 Å². The molecule has 0 saturated heterocycles. The zero-order chi connectivity index (χ0) is 14.4. The van der Waals surface area contributed by atoms with Gasteiger partial charge in [-0.2, -0.15) is 13.2 Å². The Bertz CT molecular complexity index is 683. The Balaban J connectivity index is 2.86. The van der Waals surface area contributed by atoms with Gasteiger partial charge in [0.1, 0.15) is 0 Å². The Kier molecular flexibility index (Phi) is 3.16. The summed E-state index contributed by atoms with van der Waals surface area (Å²) in [6, 6.07) is 3.34. The van der Waals surface area contributed by atoms with Gasteiger partial charge < -0.3 is 4.57 Å². The van der Waals surface area contributed by atoms with Crippen LogP contribution in [0.15, 0.2) is 29.2 Å². The fourth-order valence-electron chi connectivity index (χ4n) is 2.14. The van der Waals surface area contributed by atoms with Crippen LogP contribution in [0.1, 0.15) is 30.9 Å². The SMILES string of the molecule is CC(C)c1cn(C)c(=O)c2cc(C(F)(F)F)ccc12. The van der Waals surface area contributed by atoms with E-state index in [0.717, 1.165) is 17.7 Å². The van der Waals surface area contributed by atoms with E-state index in [1.54, 1.807) is 13.2 Å². The van der Waals surface area contributed by atoms with E-state index in [2.05, 4.69) is 0 Å². The highest BCUT2D eigenvalue weighted by Gasteiger charge is 2.31. The van der Waals surface area contributed by atoms with Gasteiger partial charge in [-0.05, 0) is 29.0 Å². The molecule has 0 radical (unpaired) electrons. The average Bonchev–Trinajstić information content (AvgIpc) is 2.31. The second-order valence-corrected chi connectivity index (χ2v) is 4.91. The quantitative estimate of drug-likeness (QED) is 0.774. The molecule has 0 amide bonds. The third-order valence-corrected chi connectivity index (χ3v) is 3.16. The van der Waals surface area contributed by atoms with Crippen molar-refractivity contribution in [2.24, 2.45) is 7.05 Å². The van der Waals surface area contributed by atoms with E-state index in [-0.39, 0.29) is 11.3 Å². The standard InChI is InChI=1S/C14H14F3NO/c1-8(2)12-7-18(3)13(19)11-6-9(14(15,16)17)4-5-10(11)12/h4-8H,1-3H3. The molecule has 0 bridgehead atoms. The Morgan fingerprint density at radius 2 is 1.79 bits per heavy atom. The van der Waals surface area contributed by atoms with E-state index in [0.29, 0.717) is 5.39 Å². The lowest BCUT2D eigenvalue weighted by atomic mass is 9.97. The minimum atomic E-state index is -4.44. The predicted molar refractivity (Wildman–Crippen MR) is 68.3 cm³/mol. The van der Waals surface area contributed by atoms with Crippen LogP contribution in [0.4, 0.5) is 13.2 Å². The summed E-state index contributed by atoms with van der Waals surface area (Å²) in [6.07, 6.45) is -2.75. The molecule has 2 rings (SSSR count). The Labute approximate surface area is 108 Å². The van der Waals surface area contributed by atoms with Crippen LogP contribution < -0.4 is 5.56 Å². The van der Waals surface area contributed by atoms with E-state index < -0.39 is 17.3 Å². The van der Waals surface area contributed by atoms with Crippen molar-refractivity contribution in [3.63, 3.8) is 0 Å². The summed E-state index contributed by atoms with van der Waals surface area (Å²) in [5, 5.41) is 0.703. The first-order valence-electron chi connectivity index (χ1n) is 5.92. The molecule has 102 valence electrons. The molecule has 5 heteroatoms. The summed E-state index contributed by atoms with van der Waals surface area (Å²) in [5.74, 6) is 0.131. The van der Waals surface area contributed by atoms with Crippen molar-refractivity contribution < 1.29 is 13.2 Å². The minimum Gasteiger partial charge on any atom is -0.318 e. The summed E-state index contributed by atoms with van der Waals surface area (Å²) in [4.78, 5) is 12.0. The molecule has 0 aliphatic heterocycles. The average molecular weight is 269 g/mol. The monoisotopic (exact) mass is 269 g/mol. The fourth-order valence-corrected chi connectivity index (χ4v) is 2.14. The molecule has 1 aromatic heterocycles. The van der Waals surface area contributed by atoms with E-state index in [1.165, 1.54) is 10.6 Å². The van der Waals surface area contributed by atoms with E-state index in [1.807, 2.05) is 13.8 Å². The zero-order valence-corrected chi connectivity index (χ0v) is 10.9. The first-order valence-corrected chi connectivity index (χ1v) is 5.92. The maximum Gasteiger partial charge on any atom is 0.416 e. The molecule has 0 atom stereocenters. The number of alkyl halides is 3. The number of rotatable bonds is 1. The highest BCUT2D eigenvalue weighted by atomic mass is 19.4. The Hall–Kier alpha value is -1.78. The lowest BCUT2D eigenvalue weighted by molar-refractivity contribution is -0.137. The van der Waals surface area contributed by atoms with E-state index in [4.69, 9.17) is 0 Å². The minimum absolute atomic E-state index is 0.114. The number of fused-ring (bicyclic) bond motifs is 1. The lowest BCUT2D eigenvalue weighted by Gasteiger charge is -2.14. The number of benzene rings is 1. The van der Waals surface area contributed by atoms with Gasteiger partial charge in [-0.25, -0.2) is 0 Å². The van der Waals surface area contributed by atoms with E-state index in [9.17, 15) is 18.0 Å². The summed E-state index contributed by atoms with van der Waals surface area (Å²) < 4.78 is 39.4. The van der Waals surface area contributed by atoms with Crippen LogP contribution in [0, 0.1) is 0 Å². The van der Waals surface area contributed by atoms with Gasteiger partial charge >= 0.3 is 6.18 Å². The number of pyridine rings is 1. The van der Waals surface area contributed by atoms with Crippen molar-refractivity contribution >= 4 is 10.8 Å². The van der Waals surface area contributed by atoms with Gasteiger partial charge in [-0.1, -0.05) is 19.9 Å². The number of aryl methyl sites for hydroxylation is 1. The summed E-state index contributed by atoms with van der Waals surface area (Å²) in [6.45, 7) is 3.88. The second-order valence-electron chi connectivity index (χ2n) is 4.91. The molecule has 1 aromatic carbocycles. The first kappa shape index (κ1) is 13.6. The van der Waals surface area contributed by atoms with Crippen LogP contribution in [0.2, 0.25) is 0 Å². The molecule has 0 saturated carbocycles. The summed E-state index contributed by atoms with van der Waals surface area (Å²) in [7, 11) is 1.55. The molecule has 0 unspecified atom stereocenters. The van der Waals surface area contributed by atoms with Crippen LogP contribution in [0.25, 0.3) is 10.8 Å². The van der Waals surface area contributed by atoms with Gasteiger partial charge in [0.2, 0.25) is 0 Å². The molecule has 0 fully saturated rings. The van der Waals surface area contributed by atoms with Crippen molar-refractivity contribution in [3.8, 4) is 0 Å². The molecule has 0 N–H and O–H groups in total. The Morgan fingerprint density at radius 1 is 1.16 bits per heavy atom. The van der Waals surface area contributed by atoms with Gasteiger partial charge in [0.05, 0.1) is 5.56 Å². The fraction of sp³-hybridized carbons (Fsp3) is 0.357. The highest BCUT2D eigenvalue weighted by Crippen LogP contribution is 2.32. The lowest BCUT2D eigenvalue weighted by Crippen LogP contribution is -2.18. The number of hydrogen-bond donors (Lipinski definition) is 0.